The van der Waals surface area contributed by atoms with Crippen LogP contribution >= 0.6 is 11.3 Å². The van der Waals surface area contributed by atoms with Gasteiger partial charge in [0.25, 0.3) is 5.91 Å². The lowest BCUT2D eigenvalue weighted by Gasteiger charge is -2.03. The molecule has 1 heterocycles. The van der Waals surface area contributed by atoms with Gasteiger partial charge >= 0.3 is 0 Å². The lowest BCUT2D eigenvalue weighted by atomic mass is 10.2. The Bertz CT molecular complexity index is 617. The van der Waals surface area contributed by atoms with E-state index < -0.39 is 0 Å². The minimum absolute atomic E-state index is 0.0738. The average Bonchev–Trinajstić information content (AvgIpc) is 3.20. The zero-order valence-electron chi connectivity index (χ0n) is 12.0. The second-order valence-electron chi connectivity index (χ2n) is 5.15. The fourth-order valence-electron chi connectivity index (χ4n) is 2.02. The summed E-state index contributed by atoms with van der Waals surface area (Å²) in [6.45, 7) is 3.39. The molecule has 5 heteroatoms. The largest absolute Gasteiger partial charge is 0.494 e. The topological polar surface area (TPSA) is 51.2 Å². The molecule has 1 saturated carbocycles. The Morgan fingerprint density at radius 1 is 1.38 bits per heavy atom. The molecule has 1 aromatic carbocycles. The van der Waals surface area contributed by atoms with Gasteiger partial charge in [-0.1, -0.05) is 0 Å². The zero-order chi connectivity index (χ0) is 14.7. The van der Waals surface area contributed by atoms with Gasteiger partial charge in [0.1, 0.15) is 16.5 Å². The number of rotatable bonds is 6. The van der Waals surface area contributed by atoms with Gasteiger partial charge in [-0.3, -0.25) is 4.79 Å². The van der Waals surface area contributed by atoms with Crippen molar-refractivity contribution in [1.82, 2.24) is 10.3 Å². The molecule has 0 unspecified atom stereocenters. The molecule has 1 amide bonds. The van der Waals surface area contributed by atoms with Gasteiger partial charge in [0.15, 0.2) is 0 Å². The highest BCUT2D eigenvalue weighted by Crippen LogP contribution is 2.28. The lowest BCUT2D eigenvalue weighted by molar-refractivity contribution is 0.0947. The number of hydrogen-bond donors (Lipinski definition) is 1. The molecule has 1 fully saturated rings. The molecule has 0 radical (unpaired) electrons. The van der Waals surface area contributed by atoms with Crippen molar-refractivity contribution in [3.63, 3.8) is 0 Å². The van der Waals surface area contributed by atoms with Crippen molar-refractivity contribution in [3.8, 4) is 16.3 Å². The Kier molecular flexibility index (Phi) is 4.20. The van der Waals surface area contributed by atoms with Crippen LogP contribution in [0.4, 0.5) is 0 Å². The van der Waals surface area contributed by atoms with Gasteiger partial charge in [-0.05, 0) is 49.9 Å². The molecule has 4 nitrogen and oxygen atoms in total. The van der Waals surface area contributed by atoms with E-state index in [2.05, 4.69) is 10.3 Å². The Balaban J connectivity index is 1.66. The van der Waals surface area contributed by atoms with Crippen molar-refractivity contribution < 1.29 is 9.53 Å². The van der Waals surface area contributed by atoms with Gasteiger partial charge in [0, 0.05) is 17.5 Å². The van der Waals surface area contributed by atoms with Crippen molar-refractivity contribution in [2.24, 2.45) is 5.92 Å². The molecule has 21 heavy (non-hydrogen) atoms. The van der Waals surface area contributed by atoms with E-state index in [0.717, 1.165) is 22.9 Å². The maximum absolute atomic E-state index is 12.0. The monoisotopic (exact) mass is 302 g/mol. The Morgan fingerprint density at radius 3 is 2.81 bits per heavy atom. The smallest absolute Gasteiger partial charge is 0.270 e. The maximum atomic E-state index is 12.0. The van der Waals surface area contributed by atoms with E-state index in [1.807, 2.05) is 36.6 Å². The van der Waals surface area contributed by atoms with Crippen molar-refractivity contribution >= 4 is 17.2 Å². The summed E-state index contributed by atoms with van der Waals surface area (Å²) in [5, 5.41) is 5.61. The van der Waals surface area contributed by atoms with E-state index in [4.69, 9.17) is 4.74 Å². The summed E-state index contributed by atoms with van der Waals surface area (Å²) in [5.74, 6) is 1.45. The van der Waals surface area contributed by atoms with Crippen LogP contribution in [0.25, 0.3) is 10.6 Å². The van der Waals surface area contributed by atoms with E-state index in [1.165, 1.54) is 24.2 Å². The normalized spacial score (nSPS) is 14.0. The summed E-state index contributed by atoms with van der Waals surface area (Å²) < 4.78 is 5.42. The first kappa shape index (κ1) is 14.1. The molecule has 0 bridgehead atoms. The summed E-state index contributed by atoms with van der Waals surface area (Å²) in [7, 11) is 0. The highest BCUT2D eigenvalue weighted by molar-refractivity contribution is 7.13. The molecular weight excluding hydrogens is 284 g/mol. The van der Waals surface area contributed by atoms with Crippen molar-refractivity contribution in [2.45, 2.75) is 19.8 Å². The number of carbonyl (C=O) groups excluding carboxylic acids is 1. The number of benzene rings is 1. The molecule has 0 aliphatic heterocycles. The van der Waals surface area contributed by atoms with Crippen LogP contribution in [0.15, 0.2) is 29.6 Å². The number of amides is 1. The van der Waals surface area contributed by atoms with Crippen LogP contribution in [0.5, 0.6) is 5.75 Å². The number of ether oxygens (including phenoxy) is 1. The second kappa shape index (κ2) is 6.26. The maximum Gasteiger partial charge on any atom is 0.270 e. The van der Waals surface area contributed by atoms with E-state index in [1.54, 1.807) is 0 Å². The van der Waals surface area contributed by atoms with Crippen LogP contribution < -0.4 is 10.1 Å². The zero-order valence-corrected chi connectivity index (χ0v) is 12.8. The van der Waals surface area contributed by atoms with Crippen molar-refractivity contribution in [3.05, 3.63) is 35.3 Å². The molecular formula is C16H18N2O2S. The first-order valence-corrected chi connectivity index (χ1v) is 8.11. The predicted molar refractivity (Wildman–Crippen MR) is 83.8 cm³/mol. The molecule has 2 aromatic rings. The minimum Gasteiger partial charge on any atom is -0.494 e. The van der Waals surface area contributed by atoms with Crippen molar-refractivity contribution in [2.75, 3.05) is 13.2 Å². The highest BCUT2D eigenvalue weighted by Gasteiger charge is 2.22. The third-order valence-corrected chi connectivity index (χ3v) is 4.29. The number of carbonyl (C=O) groups is 1. The lowest BCUT2D eigenvalue weighted by Crippen LogP contribution is -2.25. The van der Waals surface area contributed by atoms with Crippen LogP contribution in [-0.2, 0) is 0 Å². The number of hydrogen-bond acceptors (Lipinski definition) is 4. The van der Waals surface area contributed by atoms with Crippen LogP contribution in [-0.4, -0.2) is 24.0 Å². The van der Waals surface area contributed by atoms with E-state index >= 15 is 0 Å². The first-order valence-electron chi connectivity index (χ1n) is 7.23. The Morgan fingerprint density at radius 2 is 2.14 bits per heavy atom. The molecule has 3 rings (SSSR count). The quantitative estimate of drug-likeness (QED) is 0.890. The molecule has 0 spiro atoms. The SMILES string of the molecule is CCOc1ccc(-c2nc(C(=O)NCC3CC3)cs2)cc1. The predicted octanol–water partition coefficient (Wildman–Crippen LogP) is 3.35. The van der Waals surface area contributed by atoms with Crippen LogP contribution in [0, 0.1) is 5.92 Å². The highest BCUT2D eigenvalue weighted by atomic mass is 32.1. The molecule has 1 aromatic heterocycles. The molecule has 1 aliphatic rings. The summed E-state index contributed by atoms with van der Waals surface area (Å²) in [6.07, 6.45) is 2.46. The van der Waals surface area contributed by atoms with Gasteiger partial charge in [0.05, 0.1) is 6.61 Å². The van der Waals surface area contributed by atoms with Crippen molar-refractivity contribution in [1.29, 1.82) is 0 Å². The number of nitrogens with zero attached hydrogens (tertiary/aromatic N) is 1. The molecule has 110 valence electrons. The third-order valence-electron chi connectivity index (χ3n) is 3.40. The summed E-state index contributed by atoms with van der Waals surface area (Å²) in [4.78, 5) is 16.4. The number of nitrogens with one attached hydrogen (secondary N) is 1. The average molecular weight is 302 g/mol. The van der Waals surface area contributed by atoms with Gasteiger partial charge in [-0.25, -0.2) is 4.98 Å². The Hall–Kier alpha value is -1.88. The summed E-state index contributed by atoms with van der Waals surface area (Å²) in [5.41, 5.74) is 1.51. The molecule has 1 aliphatic carbocycles. The molecule has 0 atom stereocenters. The standard InChI is InChI=1S/C16H18N2O2S/c1-2-20-13-7-5-12(6-8-13)16-18-14(10-21-16)15(19)17-9-11-3-4-11/h5-8,10-11H,2-4,9H2,1H3,(H,17,19). The fourth-order valence-corrected chi connectivity index (χ4v) is 2.83. The third kappa shape index (κ3) is 3.61. The number of aromatic nitrogens is 1. The van der Waals surface area contributed by atoms with Gasteiger partial charge in [-0.15, -0.1) is 11.3 Å². The van der Waals surface area contributed by atoms with E-state index in [9.17, 15) is 4.79 Å². The molecule has 0 saturated heterocycles. The fraction of sp³-hybridized carbons (Fsp3) is 0.375. The number of thiazole rings is 1. The van der Waals surface area contributed by atoms with Gasteiger partial charge in [-0.2, -0.15) is 0 Å². The Labute approximate surface area is 128 Å². The van der Waals surface area contributed by atoms with Crippen LogP contribution in [0.2, 0.25) is 0 Å². The van der Waals surface area contributed by atoms with Gasteiger partial charge in [0.2, 0.25) is 0 Å². The van der Waals surface area contributed by atoms with Crippen LogP contribution in [0.3, 0.4) is 0 Å². The summed E-state index contributed by atoms with van der Waals surface area (Å²) in [6, 6.07) is 7.78. The molecule has 1 N–H and O–H groups in total. The van der Waals surface area contributed by atoms with E-state index in [-0.39, 0.29) is 5.91 Å². The second-order valence-corrected chi connectivity index (χ2v) is 6.01. The minimum atomic E-state index is -0.0738. The van der Waals surface area contributed by atoms with Gasteiger partial charge < -0.3 is 10.1 Å². The summed E-state index contributed by atoms with van der Waals surface area (Å²) >= 11 is 1.49. The van der Waals surface area contributed by atoms with E-state index in [0.29, 0.717) is 18.2 Å². The van der Waals surface area contributed by atoms with Crippen LogP contribution in [0.1, 0.15) is 30.3 Å². The first-order chi connectivity index (χ1) is 10.3.